The Morgan fingerprint density at radius 1 is 0.773 bits per heavy atom. The monoisotopic (exact) mass is 294 g/mol. The van der Waals surface area contributed by atoms with E-state index < -0.39 is 0 Å². The van der Waals surface area contributed by atoms with E-state index in [-0.39, 0.29) is 17.2 Å². The van der Waals surface area contributed by atoms with Crippen LogP contribution in [0.2, 0.25) is 0 Å². The molecule has 0 saturated carbocycles. The van der Waals surface area contributed by atoms with Gasteiger partial charge in [-0.1, -0.05) is 19.1 Å². The van der Waals surface area contributed by atoms with Gasteiger partial charge in [0.2, 0.25) is 0 Å². The molecular formula is C19H18O3. The van der Waals surface area contributed by atoms with Crippen molar-refractivity contribution in [1.82, 2.24) is 0 Å². The number of aryl methyl sites for hydroxylation is 2. The number of phenolic OH excluding ortho intramolecular Hbond substituents is 3. The average molecular weight is 294 g/mol. The largest absolute Gasteiger partial charge is 0.508 e. The lowest BCUT2D eigenvalue weighted by atomic mass is 9.94. The van der Waals surface area contributed by atoms with Gasteiger partial charge < -0.3 is 15.3 Å². The zero-order valence-corrected chi connectivity index (χ0v) is 12.6. The van der Waals surface area contributed by atoms with Crippen LogP contribution < -0.4 is 0 Å². The standard InChI is InChI=1S/C19H18O3/c1-3-12-9-16-15(10-19(12)22)14(5-7-18(16)21)13-4-6-17(20)11(2)8-13/h4-10,20-22H,3H2,1-2H3. The van der Waals surface area contributed by atoms with Crippen molar-refractivity contribution in [3.63, 3.8) is 0 Å². The molecule has 3 heteroatoms. The molecule has 3 rings (SSSR count). The predicted octanol–water partition coefficient (Wildman–Crippen LogP) is 4.49. The van der Waals surface area contributed by atoms with E-state index >= 15 is 0 Å². The van der Waals surface area contributed by atoms with Crippen molar-refractivity contribution in [3.05, 3.63) is 53.6 Å². The van der Waals surface area contributed by atoms with Gasteiger partial charge in [-0.3, -0.25) is 0 Å². The summed E-state index contributed by atoms with van der Waals surface area (Å²) in [6, 6.07) is 12.4. The summed E-state index contributed by atoms with van der Waals surface area (Å²) in [5, 5.41) is 31.5. The molecule has 0 heterocycles. The van der Waals surface area contributed by atoms with Crippen molar-refractivity contribution in [2.24, 2.45) is 0 Å². The lowest BCUT2D eigenvalue weighted by Gasteiger charge is -2.12. The molecule has 0 aliphatic rings. The molecule has 0 aromatic heterocycles. The third-order valence-electron chi connectivity index (χ3n) is 4.08. The van der Waals surface area contributed by atoms with Crippen molar-refractivity contribution >= 4 is 10.8 Å². The van der Waals surface area contributed by atoms with Crippen LogP contribution in [0.1, 0.15) is 18.1 Å². The molecule has 3 nitrogen and oxygen atoms in total. The first kappa shape index (κ1) is 14.3. The molecule has 0 aliphatic heterocycles. The van der Waals surface area contributed by atoms with Crippen LogP contribution in [-0.4, -0.2) is 15.3 Å². The summed E-state index contributed by atoms with van der Waals surface area (Å²) in [5.74, 6) is 0.684. The number of phenols is 3. The molecule has 0 amide bonds. The highest BCUT2D eigenvalue weighted by Crippen LogP contribution is 2.38. The molecule has 0 saturated heterocycles. The Balaban J connectivity index is 2.32. The Morgan fingerprint density at radius 3 is 2.18 bits per heavy atom. The minimum atomic E-state index is 0.198. The number of aromatic hydroxyl groups is 3. The molecule has 3 N–H and O–H groups in total. The predicted molar refractivity (Wildman–Crippen MR) is 88.5 cm³/mol. The molecule has 0 atom stereocenters. The Bertz CT molecular complexity index is 866. The third-order valence-corrected chi connectivity index (χ3v) is 4.08. The van der Waals surface area contributed by atoms with E-state index in [0.29, 0.717) is 6.42 Å². The lowest BCUT2D eigenvalue weighted by Crippen LogP contribution is -1.87. The molecular weight excluding hydrogens is 276 g/mol. The van der Waals surface area contributed by atoms with E-state index in [2.05, 4.69) is 0 Å². The van der Waals surface area contributed by atoms with Gasteiger partial charge in [0.05, 0.1) is 0 Å². The molecule has 0 unspecified atom stereocenters. The van der Waals surface area contributed by atoms with Crippen molar-refractivity contribution in [2.45, 2.75) is 20.3 Å². The zero-order valence-electron chi connectivity index (χ0n) is 12.6. The maximum Gasteiger partial charge on any atom is 0.123 e. The topological polar surface area (TPSA) is 60.7 Å². The quantitative estimate of drug-likeness (QED) is 0.652. The third kappa shape index (κ3) is 2.25. The minimum Gasteiger partial charge on any atom is -0.508 e. The van der Waals surface area contributed by atoms with Crippen LogP contribution in [0.25, 0.3) is 21.9 Å². The Labute approximate surface area is 129 Å². The lowest BCUT2D eigenvalue weighted by molar-refractivity contribution is 0.469. The van der Waals surface area contributed by atoms with Crippen LogP contribution in [0.5, 0.6) is 17.2 Å². The summed E-state index contributed by atoms with van der Waals surface area (Å²) in [6.45, 7) is 3.80. The number of rotatable bonds is 2. The van der Waals surface area contributed by atoms with Crippen LogP contribution in [0.15, 0.2) is 42.5 Å². The normalized spacial score (nSPS) is 11.0. The molecule has 3 aromatic carbocycles. The van der Waals surface area contributed by atoms with Gasteiger partial charge in [0, 0.05) is 5.39 Å². The maximum atomic E-state index is 10.1. The molecule has 22 heavy (non-hydrogen) atoms. The van der Waals surface area contributed by atoms with Gasteiger partial charge >= 0.3 is 0 Å². The second kappa shape index (κ2) is 5.26. The smallest absolute Gasteiger partial charge is 0.123 e. The van der Waals surface area contributed by atoms with Crippen molar-refractivity contribution in [2.75, 3.05) is 0 Å². The molecule has 0 fully saturated rings. The summed E-state index contributed by atoms with van der Waals surface area (Å²) in [7, 11) is 0. The highest BCUT2D eigenvalue weighted by Gasteiger charge is 2.12. The molecule has 0 bridgehead atoms. The van der Waals surface area contributed by atoms with Crippen LogP contribution >= 0.6 is 0 Å². The average Bonchev–Trinajstić information content (AvgIpc) is 2.50. The van der Waals surface area contributed by atoms with E-state index in [1.54, 1.807) is 18.2 Å². The Morgan fingerprint density at radius 2 is 1.50 bits per heavy atom. The fourth-order valence-corrected chi connectivity index (χ4v) is 2.77. The Hall–Kier alpha value is -2.68. The molecule has 0 spiro atoms. The molecule has 0 aliphatic carbocycles. The summed E-state index contributed by atoms with van der Waals surface area (Å²) >= 11 is 0. The second-order valence-electron chi connectivity index (χ2n) is 5.51. The van der Waals surface area contributed by atoms with E-state index in [1.165, 1.54) is 0 Å². The number of hydrogen-bond donors (Lipinski definition) is 3. The van der Waals surface area contributed by atoms with E-state index in [1.807, 2.05) is 38.1 Å². The molecule has 0 radical (unpaired) electrons. The maximum absolute atomic E-state index is 10.1. The Kier molecular flexibility index (Phi) is 3.41. The van der Waals surface area contributed by atoms with Crippen molar-refractivity contribution in [1.29, 1.82) is 0 Å². The summed E-state index contributed by atoms with van der Waals surface area (Å²) < 4.78 is 0. The van der Waals surface area contributed by atoms with Gasteiger partial charge in [0.25, 0.3) is 0 Å². The van der Waals surface area contributed by atoms with Crippen molar-refractivity contribution < 1.29 is 15.3 Å². The summed E-state index contributed by atoms with van der Waals surface area (Å²) in [4.78, 5) is 0. The fraction of sp³-hybridized carbons (Fsp3) is 0.158. The first-order valence-electron chi connectivity index (χ1n) is 7.28. The molecule has 3 aromatic rings. The summed E-state index contributed by atoms with van der Waals surface area (Å²) in [6.07, 6.45) is 0.698. The highest BCUT2D eigenvalue weighted by atomic mass is 16.3. The minimum absolute atomic E-state index is 0.198. The first-order chi connectivity index (χ1) is 10.5. The van der Waals surface area contributed by atoms with Gasteiger partial charge in [0.1, 0.15) is 17.2 Å². The number of hydrogen-bond acceptors (Lipinski definition) is 3. The molecule has 112 valence electrons. The highest BCUT2D eigenvalue weighted by molar-refractivity contribution is 6.01. The zero-order chi connectivity index (χ0) is 15.9. The second-order valence-corrected chi connectivity index (χ2v) is 5.51. The van der Waals surface area contributed by atoms with Gasteiger partial charge in [-0.15, -0.1) is 0 Å². The van der Waals surface area contributed by atoms with E-state index in [0.717, 1.165) is 33.0 Å². The van der Waals surface area contributed by atoms with Gasteiger partial charge in [-0.25, -0.2) is 0 Å². The summed E-state index contributed by atoms with van der Waals surface area (Å²) in [5.41, 5.74) is 3.44. The van der Waals surface area contributed by atoms with E-state index in [9.17, 15) is 15.3 Å². The van der Waals surface area contributed by atoms with Gasteiger partial charge in [-0.05, 0) is 71.3 Å². The van der Waals surface area contributed by atoms with Gasteiger partial charge in [0.15, 0.2) is 0 Å². The van der Waals surface area contributed by atoms with Crippen LogP contribution in [0.3, 0.4) is 0 Å². The number of fused-ring (bicyclic) bond motifs is 1. The SMILES string of the molecule is CCc1cc2c(O)ccc(-c3ccc(O)c(C)c3)c2cc1O. The van der Waals surface area contributed by atoms with E-state index in [4.69, 9.17) is 0 Å². The van der Waals surface area contributed by atoms with Crippen LogP contribution in [-0.2, 0) is 6.42 Å². The van der Waals surface area contributed by atoms with Gasteiger partial charge in [-0.2, -0.15) is 0 Å². The van der Waals surface area contributed by atoms with Crippen LogP contribution in [0, 0.1) is 6.92 Å². The van der Waals surface area contributed by atoms with Crippen molar-refractivity contribution in [3.8, 4) is 28.4 Å². The first-order valence-corrected chi connectivity index (χ1v) is 7.28. The van der Waals surface area contributed by atoms with Crippen LogP contribution in [0.4, 0.5) is 0 Å². The fourth-order valence-electron chi connectivity index (χ4n) is 2.77. The number of benzene rings is 3.